The lowest BCUT2D eigenvalue weighted by Gasteiger charge is -2.31. The number of hydrogen-bond donors (Lipinski definition) is 1. The van der Waals surface area contributed by atoms with E-state index in [0.29, 0.717) is 18.7 Å². The first-order valence-electron chi connectivity index (χ1n) is 5.23. The lowest BCUT2D eigenvalue weighted by atomic mass is 9.82. The average Bonchev–Trinajstić information content (AvgIpc) is 2.22. The van der Waals surface area contributed by atoms with Crippen LogP contribution in [0.5, 0.6) is 5.88 Å². The molecule has 94 valence electrons. The minimum absolute atomic E-state index is 0.110. The predicted molar refractivity (Wildman–Crippen MR) is 53.2 cm³/mol. The molecule has 0 aromatic carbocycles. The van der Waals surface area contributed by atoms with Crippen LogP contribution >= 0.6 is 0 Å². The Hall–Kier alpha value is -1.37. The van der Waals surface area contributed by atoms with Crippen molar-refractivity contribution >= 4 is 0 Å². The van der Waals surface area contributed by atoms with Crippen molar-refractivity contribution in [2.75, 3.05) is 6.61 Å². The molecule has 1 aromatic heterocycles. The Kier molecular flexibility index (Phi) is 3.19. The maximum absolute atomic E-state index is 12.2. The van der Waals surface area contributed by atoms with Crippen LogP contribution in [0, 0.1) is 5.92 Å². The Morgan fingerprint density at radius 2 is 2.00 bits per heavy atom. The number of aromatic nitrogens is 2. The van der Waals surface area contributed by atoms with Gasteiger partial charge in [0.2, 0.25) is 5.88 Å². The first-order chi connectivity index (χ1) is 7.95. The summed E-state index contributed by atoms with van der Waals surface area (Å²) in [5, 5.41) is 0. The molecule has 2 rings (SSSR count). The topological polar surface area (TPSA) is 61.0 Å². The second kappa shape index (κ2) is 4.48. The molecule has 1 aromatic rings. The van der Waals surface area contributed by atoms with Gasteiger partial charge in [-0.25, -0.2) is 9.97 Å². The standard InChI is InChI=1S/C10H12F3N3O/c11-10(12,13)8-3-16-9(4-15-8)17-5-6-1-7(14)2-6/h3-4,6-7H,1-2,5,14H2/t6-,7+. The van der Waals surface area contributed by atoms with Gasteiger partial charge in [0.05, 0.1) is 19.0 Å². The monoisotopic (exact) mass is 247 g/mol. The lowest BCUT2D eigenvalue weighted by molar-refractivity contribution is -0.141. The van der Waals surface area contributed by atoms with Gasteiger partial charge in [-0.15, -0.1) is 0 Å². The van der Waals surface area contributed by atoms with Crippen LogP contribution < -0.4 is 10.5 Å². The summed E-state index contributed by atoms with van der Waals surface area (Å²) in [5.74, 6) is 0.479. The third-order valence-electron chi connectivity index (χ3n) is 2.66. The van der Waals surface area contributed by atoms with Crippen LogP contribution in [-0.2, 0) is 6.18 Å². The molecule has 0 bridgehead atoms. The number of hydrogen-bond acceptors (Lipinski definition) is 4. The third kappa shape index (κ3) is 3.06. The zero-order valence-corrected chi connectivity index (χ0v) is 8.94. The van der Waals surface area contributed by atoms with E-state index < -0.39 is 11.9 Å². The first-order valence-corrected chi connectivity index (χ1v) is 5.23. The Morgan fingerprint density at radius 1 is 1.29 bits per heavy atom. The molecule has 0 aliphatic heterocycles. The van der Waals surface area contributed by atoms with Gasteiger partial charge in [0.25, 0.3) is 0 Å². The minimum Gasteiger partial charge on any atom is -0.476 e. The van der Waals surface area contributed by atoms with E-state index in [4.69, 9.17) is 10.5 Å². The minimum atomic E-state index is -4.47. The molecule has 0 radical (unpaired) electrons. The normalized spacial score (nSPS) is 24.2. The fraction of sp³-hybridized carbons (Fsp3) is 0.600. The molecule has 0 atom stereocenters. The van der Waals surface area contributed by atoms with Crippen LogP contribution in [0.2, 0.25) is 0 Å². The first kappa shape index (κ1) is 12.1. The van der Waals surface area contributed by atoms with E-state index in [0.717, 1.165) is 19.0 Å². The summed E-state index contributed by atoms with van der Waals surface area (Å²) in [6.07, 6.45) is -1.04. The maximum atomic E-state index is 12.2. The van der Waals surface area contributed by atoms with Crippen LogP contribution in [0.1, 0.15) is 18.5 Å². The van der Waals surface area contributed by atoms with E-state index in [1.54, 1.807) is 0 Å². The molecular formula is C10H12F3N3O. The third-order valence-corrected chi connectivity index (χ3v) is 2.66. The Morgan fingerprint density at radius 3 is 2.47 bits per heavy atom. The molecule has 7 heteroatoms. The number of nitrogens with two attached hydrogens (primary N) is 1. The highest BCUT2D eigenvalue weighted by molar-refractivity contribution is 5.09. The van der Waals surface area contributed by atoms with Crippen LogP contribution in [-0.4, -0.2) is 22.6 Å². The van der Waals surface area contributed by atoms with E-state index in [2.05, 4.69) is 9.97 Å². The number of nitrogens with zero attached hydrogens (tertiary/aromatic N) is 2. The molecule has 0 spiro atoms. The SMILES string of the molecule is N[C@H]1C[C@@H](COc2cnc(C(F)(F)F)cn2)C1. The van der Waals surface area contributed by atoms with Gasteiger partial charge in [0.1, 0.15) is 0 Å². The van der Waals surface area contributed by atoms with Crippen molar-refractivity contribution in [3.63, 3.8) is 0 Å². The van der Waals surface area contributed by atoms with Crippen molar-refractivity contribution in [1.29, 1.82) is 0 Å². The van der Waals surface area contributed by atoms with Crippen molar-refractivity contribution in [1.82, 2.24) is 9.97 Å². The fourth-order valence-electron chi connectivity index (χ4n) is 1.66. The van der Waals surface area contributed by atoms with E-state index >= 15 is 0 Å². The second-order valence-electron chi connectivity index (χ2n) is 4.15. The maximum Gasteiger partial charge on any atom is 0.434 e. The van der Waals surface area contributed by atoms with Gasteiger partial charge < -0.3 is 10.5 Å². The lowest BCUT2D eigenvalue weighted by Crippen LogP contribution is -2.39. The van der Waals surface area contributed by atoms with Crippen molar-refractivity contribution in [3.05, 3.63) is 18.1 Å². The summed E-state index contributed by atoms with van der Waals surface area (Å²) in [5.41, 5.74) is 4.58. The van der Waals surface area contributed by atoms with E-state index in [-0.39, 0.29) is 11.9 Å². The summed E-state index contributed by atoms with van der Waals surface area (Å²) >= 11 is 0. The quantitative estimate of drug-likeness (QED) is 0.881. The molecule has 1 aliphatic rings. The van der Waals surface area contributed by atoms with Gasteiger partial charge in [0, 0.05) is 6.04 Å². The van der Waals surface area contributed by atoms with Gasteiger partial charge in [-0.2, -0.15) is 13.2 Å². The van der Waals surface area contributed by atoms with Gasteiger partial charge in [-0.05, 0) is 18.8 Å². The molecule has 0 amide bonds. The summed E-state index contributed by atoms with van der Waals surface area (Å²) in [4.78, 5) is 6.81. The number of rotatable bonds is 3. The molecule has 0 saturated heterocycles. The molecule has 4 nitrogen and oxygen atoms in total. The molecular weight excluding hydrogens is 235 g/mol. The Bertz CT molecular complexity index is 373. The highest BCUT2D eigenvalue weighted by Gasteiger charge is 2.33. The molecule has 1 aliphatic carbocycles. The van der Waals surface area contributed by atoms with Gasteiger partial charge in [0.15, 0.2) is 5.69 Å². The summed E-state index contributed by atoms with van der Waals surface area (Å²) in [7, 11) is 0. The predicted octanol–water partition coefficient (Wildman–Crippen LogP) is 1.61. The summed E-state index contributed by atoms with van der Waals surface area (Å²) < 4.78 is 41.8. The van der Waals surface area contributed by atoms with Crippen molar-refractivity contribution in [2.45, 2.75) is 25.1 Å². The van der Waals surface area contributed by atoms with Crippen molar-refractivity contribution < 1.29 is 17.9 Å². The van der Waals surface area contributed by atoms with Crippen LogP contribution in [0.4, 0.5) is 13.2 Å². The zero-order chi connectivity index (χ0) is 12.5. The fourth-order valence-corrected chi connectivity index (χ4v) is 1.66. The van der Waals surface area contributed by atoms with Gasteiger partial charge >= 0.3 is 6.18 Å². The molecule has 1 heterocycles. The highest BCUT2D eigenvalue weighted by atomic mass is 19.4. The summed E-state index contributed by atoms with van der Waals surface area (Å²) in [6.45, 7) is 0.424. The van der Waals surface area contributed by atoms with Crippen molar-refractivity contribution in [2.24, 2.45) is 11.7 Å². The largest absolute Gasteiger partial charge is 0.476 e. The Balaban J connectivity index is 1.86. The smallest absolute Gasteiger partial charge is 0.434 e. The molecule has 1 fully saturated rings. The van der Waals surface area contributed by atoms with Crippen LogP contribution in [0.25, 0.3) is 0 Å². The molecule has 2 N–H and O–H groups in total. The van der Waals surface area contributed by atoms with E-state index in [1.807, 2.05) is 0 Å². The number of alkyl halides is 3. The average molecular weight is 247 g/mol. The Labute approximate surface area is 96.0 Å². The molecule has 0 unspecified atom stereocenters. The van der Waals surface area contributed by atoms with E-state index in [1.165, 1.54) is 0 Å². The van der Waals surface area contributed by atoms with Crippen molar-refractivity contribution in [3.8, 4) is 5.88 Å². The van der Waals surface area contributed by atoms with Crippen LogP contribution in [0.3, 0.4) is 0 Å². The van der Waals surface area contributed by atoms with Gasteiger partial charge in [-0.3, -0.25) is 0 Å². The highest BCUT2D eigenvalue weighted by Crippen LogP contribution is 2.28. The second-order valence-corrected chi connectivity index (χ2v) is 4.15. The zero-order valence-electron chi connectivity index (χ0n) is 8.94. The summed E-state index contributed by atoms with van der Waals surface area (Å²) in [6, 6.07) is 0.224. The number of ether oxygens (including phenoxy) is 1. The van der Waals surface area contributed by atoms with Crippen LogP contribution in [0.15, 0.2) is 12.4 Å². The molecule has 1 saturated carbocycles. The molecule has 17 heavy (non-hydrogen) atoms. The number of halogens is 3. The van der Waals surface area contributed by atoms with Gasteiger partial charge in [-0.1, -0.05) is 0 Å². The van der Waals surface area contributed by atoms with E-state index in [9.17, 15) is 13.2 Å².